The molecule has 0 aliphatic heterocycles. The molecule has 0 amide bonds. The summed E-state index contributed by atoms with van der Waals surface area (Å²) in [6, 6.07) is 3.74. The molecule has 2 rings (SSSR count). The molecule has 84 valence electrons. The molecule has 16 heavy (non-hydrogen) atoms. The first-order chi connectivity index (χ1) is 7.79. The van der Waals surface area contributed by atoms with Crippen LogP contribution in [0.15, 0.2) is 27.3 Å². The van der Waals surface area contributed by atoms with Gasteiger partial charge in [-0.15, -0.1) is 0 Å². The number of hydrogen-bond donors (Lipinski definition) is 1. The van der Waals surface area contributed by atoms with Gasteiger partial charge in [0.2, 0.25) is 11.7 Å². The number of aromatic nitrogens is 3. The molecule has 2 heterocycles. The second-order valence-corrected chi connectivity index (χ2v) is 4.14. The highest BCUT2D eigenvalue weighted by Gasteiger charge is 2.08. The molecule has 0 aliphatic rings. The Labute approximate surface area is 101 Å². The van der Waals surface area contributed by atoms with Gasteiger partial charge in [0, 0.05) is 23.6 Å². The second-order valence-electron chi connectivity index (χ2n) is 3.23. The van der Waals surface area contributed by atoms with Gasteiger partial charge >= 0.3 is 0 Å². The van der Waals surface area contributed by atoms with Gasteiger partial charge < -0.3 is 9.84 Å². The smallest absolute Gasteiger partial charge is 0.228 e. The summed E-state index contributed by atoms with van der Waals surface area (Å²) in [7, 11) is 1.88. The van der Waals surface area contributed by atoms with Crippen molar-refractivity contribution in [3.8, 4) is 11.5 Å². The maximum Gasteiger partial charge on any atom is 0.228 e. The van der Waals surface area contributed by atoms with E-state index in [1.54, 1.807) is 6.20 Å². The summed E-state index contributed by atoms with van der Waals surface area (Å²) in [4.78, 5) is 8.45. The highest BCUT2D eigenvalue weighted by molar-refractivity contribution is 9.10. The number of hydrogen-bond acceptors (Lipinski definition) is 5. The van der Waals surface area contributed by atoms with E-state index in [-0.39, 0.29) is 0 Å². The van der Waals surface area contributed by atoms with E-state index in [1.165, 1.54) is 0 Å². The zero-order chi connectivity index (χ0) is 11.4. The topological polar surface area (TPSA) is 63.8 Å². The molecule has 2 aromatic rings. The van der Waals surface area contributed by atoms with Crippen LogP contribution >= 0.6 is 15.9 Å². The van der Waals surface area contributed by atoms with E-state index >= 15 is 0 Å². The van der Waals surface area contributed by atoms with E-state index in [0.29, 0.717) is 17.4 Å². The van der Waals surface area contributed by atoms with Crippen molar-refractivity contribution < 1.29 is 4.52 Å². The molecule has 0 saturated carbocycles. The van der Waals surface area contributed by atoms with Crippen LogP contribution in [-0.4, -0.2) is 28.7 Å². The molecule has 6 heteroatoms. The van der Waals surface area contributed by atoms with Crippen LogP contribution in [0.3, 0.4) is 0 Å². The molecule has 0 atom stereocenters. The van der Waals surface area contributed by atoms with Crippen molar-refractivity contribution in [2.24, 2.45) is 0 Å². The fourth-order valence-electron chi connectivity index (χ4n) is 1.20. The van der Waals surface area contributed by atoms with Crippen molar-refractivity contribution >= 4 is 15.9 Å². The molecular formula is C10H11BrN4O. The third-order valence-electron chi connectivity index (χ3n) is 2.01. The Bertz CT molecular complexity index is 454. The van der Waals surface area contributed by atoms with Crippen LogP contribution in [0.25, 0.3) is 11.5 Å². The minimum atomic E-state index is 0.526. The first-order valence-corrected chi connectivity index (χ1v) is 5.68. The third-order valence-corrected chi connectivity index (χ3v) is 2.48. The average molecular weight is 283 g/mol. The van der Waals surface area contributed by atoms with E-state index in [9.17, 15) is 0 Å². The Hall–Kier alpha value is -1.27. The van der Waals surface area contributed by atoms with E-state index in [1.807, 2.05) is 19.2 Å². The number of pyridine rings is 1. The lowest BCUT2D eigenvalue weighted by Gasteiger charge is -1.93. The molecular weight excluding hydrogens is 272 g/mol. The molecule has 0 bridgehead atoms. The van der Waals surface area contributed by atoms with Crippen LogP contribution in [0.1, 0.15) is 5.89 Å². The van der Waals surface area contributed by atoms with Gasteiger partial charge in [-0.3, -0.25) is 4.98 Å². The molecule has 0 unspecified atom stereocenters. The van der Waals surface area contributed by atoms with E-state index < -0.39 is 0 Å². The van der Waals surface area contributed by atoms with Gasteiger partial charge in [-0.2, -0.15) is 4.98 Å². The van der Waals surface area contributed by atoms with Crippen LogP contribution in [0.4, 0.5) is 0 Å². The second kappa shape index (κ2) is 5.18. The standard InChI is InChI=1S/C10H11BrN4O/c1-12-5-4-9-14-10(15-16-9)8-3-2-7(11)6-13-8/h2-3,6,12H,4-5H2,1H3. The van der Waals surface area contributed by atoms with Gasteiger partial charge in [0.05, 0.1) is 0 Å². The van der Waals surface area contributed by atoms with E-state index in [2.05, 4.69) is 36.4 Å². The first kappa shape index (κ1) is 11.2. The Kier molecular flexibility index (Phi) is 3.63. The lowest BCUT2D eigenvalue weighted by Crippen LogP contribution is -2.10. The van der Waals surface area contributed by atoms with Gasteiger partial charge in [-0.1, -0.05) is 5.16 Å². The van der Waals surface area contributed by atoms with Crippen molar-refractivity contribution in [3.63, 3.8) is 0 Å². The van der Waals surface area contributed by atoms with Crippen molar-refractivity contribution in [2.45, 2.75) is 6.42 Å². The molecule has 5 nitrogen and oxygen atoms in total. The summed E-state index contributed by atoms with van der Waals surface area (Å²) in [5, 5.41) is 6.90. The molecule has 0 saturated heterocycles. The van der Waals surface area contributed by atoms with Crippen LogP contribution in [0, 0.1) is 0 Å². The number of likely N-dealkylation sites (N-methyl/N-ethyl adjacent to an activating group) is 1. The summed E-state index contributed by atoms with van der Waals surface area (Å²) in [6.45, 7) is 0.815. The Balaban J connectivity index is 2.15. The number of nitrogens with one attached hydrogen (secondary N) is 1. The van der Waals surface area contributed by atoms with Crippen LogP contribution < -0.4 is 5.32 Å². The molecule has 0 spiro atoms. The SMILES string of the molecule is CNCCc1nc(-c2ccc(Br)cn2)no1. The van der Waals surface area contributed by atoms with Crippen LogP contribution in [0.5, 0.6) is 0 Å². The van der Waals surface area contributed by atoms with Gasteiger partial charge in [-0.25, -0.2) is 0 Å². The largest absolute Gasteiger partial charge is 0.339 e. The van der Waals surface area contributed by atoms with Crippen molar-refractivity contribution in [1.29, 1.82) is 0 Å². The fourth-order valence-corrected chi connectivity index (χ4v) is 1.44. The van der Waals surface area contributed by atoms with Crippen LogP contribution in [0.2, 0.25) is 0 Å². The van der Waals surface area contributed by atoms with Crippen LogP contribution in [-0.2, 0) is 6.42 Å². The maximum atomic E-state index is 5.10. The molecule has 0 fully saturated rings. The van der Waals surface area contributed by atoms with E-state index in [0.717, 1.165) is 17.4 Å². The van der Waals surface area contributed by atoms with Gasteiger partial charge in [0.1, 0.15) is 5.69 Å². The predicted molar refractivity (Wildman–Crippen MR) is 62.9 cm³/mol. The van der Waals surface area contributed by atoms with Crippen molar-refractivity contribution in [1.82, 2.24) is 20.4 Å². The lowest BCUT2D eigenvalue weighted by molar-refractivity contribution is 0.377. The van der Waals surface area contributed by atoms with Gasteiger partial charge in [0.15, 0.2) is 0 Å². The molecule has 1 N–H and O–H groups in total. The summed E-state index contributed by atoms with van der Waals surface area (Å²) in [5.41, 5.74) is 0.711. The number of halogens is 1. The maximum absolute atomic E-state index is 5.10. The Morgan fingerprint density at radius 1 is 1.44 bits per heavy atom. The summed E-state index contributed by atoms with van der Waals surface area (Å²) in [5.74, 6) is 1.15. The molecule has 0 aliphatic carbocycles. The zero-order valence-corrected chi connectivity index (χ0v) is 10.4. The fraction of sp³-hybridized carbons (Fsp3) is 0.300. The summed E-state index contributed by atoms with van der Waals surface area (Å²) in [6.07, 6.45) is 2.43. The quantitative estimate of drug-likeness (QED) is 0.924. The van der Waals surface area contributed by atoms with Gasteiger partial charge in [-0.05, 0) is 35.1 Å². The van der Waals surface area contributed by atoms with Crippen molar-refractivity contribution in [2.75, 3.05) is 13.6 Å². The summed E-state index contributed by atoms with van der Waals surface area (Å²) >= 11 is 3.32. The Morgan fingerprint density at radius 3 is 3.00 bits per heavy atom. The number of nitrogens with zero attached hydrogens (tertiary/aromatic N) is 3. The lowest BCUT2D eigenvalue weighted by atomic mass is 10.3. The monoisotopic (exact) mass is 282 g/mol. The molecule has 0 aromatic carbocycles. The highest BCUT2D eigenvalue weighted by Crippen LogP contribution is 2.15. The average Bonchev–Trinajstić information content (AvgIpc) is 2.76. The van der Waals surface area contributed by atoms with E-state index in [4.69, 9.17) is 4.52 Å². The Morgan fingerprint density at radius 2 is 2.31 bits per heavy atom. The minimum absolute atomic E-state index is 0.526. The highest BCUT2D eigenvalue weighted by atomic mass is 79.9. The van der Waals surface area contributed by atoms with Gasteiger partial charge in [0.25, 0.3) is 0 Å². The first-order valence-electron chi connectivity index (χ1n) is 4.88. The zero-order valence-electron chi connectivity index (χ0n) is 8.77. The number of rotatable bonds is 4. The summed E-state index contributed by atoms with van der Waals surface area (Å²) < 4.78 is 6.02. The predicted octanol–water partition coefficient (Wildman–Crippen LogP) is 1.66. The molecule has 0 radical (unpaired) electrons. The normalized spacial score (nSPS) is 10.6. The molecule has 2 aromatic heterocycles. The minimum Gasteiger partial charge on any atom is -0.339 e. The van der Waals surface area contributed by atoms with Crippen molar-refractivity contribution in [3.05, 3.63) is 28.7 Å². The third kappa shape index (κ3) is 2.65.